The summed E-state index contributed by atoms with van der Waals surface area (Å²) in [5, 5.41) is 12.6. The number of aromatic nitrogens is 4. The normalized spacial score (nSPS) is 18.1. The molecule has 2 aromatic rings. The van der Waals surface area contributed by atoms with Crippen molar-refractivity contribution in [3.8, 4) is 0 Å². The third kappa shape index (κ3) is 6.90. The van der Waals surface area contributed by atoms with Gasteiger partial charge in [-0.3, -0.25) is 0 Å². The van der Waals surface area contributed by atoms with Gasteiger partial charge in [-0.2, -0.15) is 4.98 Å². The molecule has 0 aromatic carbocycles. The number of nitrogens with one attached hydrogen (secondary N) is 1. The van der Waals surface area contributed by atoms with Crippen molar-refractivity contribution >= 4 is 59.7 Å². The fourth-order valence-electron chi connectivity index (χ4n) is 2.64. The summed E-state index contributed by atoms with van der Waals surface area (Å²) >= 11 is 3.40. The van der Waals surface area contributed by atoms with Crippen LogP contribution in [0.4, 0.5) is 11.8 Å². The molecule has 1 saturated carbocycles. The minimum atomic E-state index is 0. The summed E-state index contributed by atoms with van der Waals surface area (Å²) in [6.45, 7) is 2.85. The molecule has 7 nitrogen and oxygen atoms in total. The quantitative estimate of drug-likeness (QED) is 0.465. The van der Waals surface area contributed by atoms with E-state index in [-0.39, 0.29) is 24.8 Å². The molecule has 1 fully saturated rings. The van der Waals surface area contributed by atoms with Crippen molar-refractivity contribution in [1.82, 2.24) is 20.2 Å². The number of rotatable bonds is 8. The number of hydrogen-bond donors (Lipinski definition) is 2. The highest BCUT2D eigenvalue weighted by atomic mass is 35.5. The first-order chi connectivity index (χ1) is 12.0. The Kier molecular flexibility index (Phi) is 10.0. The van der Waals surface area contributed by atoms with Crippen molar-refractivity contribution in [3.63, 3.8) is 0 Å². The average molecular weight is 452 g/mol. The van der Waals surface area contributed by atoms with E-state index in [1.807, 2.05) is 25.9 Å². The maximum atomic E-state index is 5.92. The molecule has 2 heterocycles. The summed E-state index contributed by atoms with van der Waals surface area (Å²) in [6.07, 6.45) is 3.07. The van der Waals surface area contributed by atoms with E-state index >= 15 is 0 Å². The van der Waals surface area contributed by atoms with Crippen molar-refractivity contribution in [2.75, 3.05) is 36.6 Å². The topological polar surface area (TPSA) is 92.8 Å². The van der Waals surface area contributed by atoms with Gasteiger partial charge in [0.1, 0.15) is 10.8 Å². The molecule has 2 aromatic heterocycles. The summed E-state index contributed by atoms with van der Waals surface area (Å²) in [5.41, 5.74) is 7.02. The van der Waals surface area contributed by atoms with Crippen LogP contribution in [0.2, 0.25) is 0 Å². The van der Waals surface area contributed by atoms with Gasteiger partial charge in [-0.25, -0.2) is 4.98 Å². The standard InChI is InChI=1S/C16H25N7S2.2ClH/c1-10-21-22-16(25-10)24-6-4-5-18-14-9-13(11-7-12(17)8-11)19-15(20-14)23(2)3;;/h9,11-12H,4-8,17H2,1-3H3,(H,18,19,20);2*1H. The summed E-state index contributed by atoms with van der Waals surface area (Å²) < 4.78 is 1.04. The first-order valence-electron chi connectivity index (χ1n) is 8.50. The largest absolute Gasteiger partial charge is 0.370 e. The van der Waals surface area contributed by atoms with Gasteiger partial charge in [0, 0.05) is 44.4 Å². The van der Waals surface area contributed by atoms with Crippen LogP contribution < -0.4 is 16.0 Å². The minimum Gasteiger partial charge on any atom is -0.370 e. The number of hydrogen-bond acceptors (Lipinski definition) is 9. The van der Waals surface area contributed by atoms with Crippen molar-refractivity contribution < 1.29 is 0 Å². The van der Waals surface area contributed by atoms with Crippen molar-refractivity contribution in [3.05, 3.63) is 16.8 Å². The van der Waals surface area contributed by atoms with Gasteiger partial charge < -0.3 is 16.0 Å². The van der Waals surface area contributed by atoms with Crippen LogP contribution >= 0.6 is 47.9 Å². The lowest BCUT2D eigenvalue weighted by Gasteiger charge is -2.32. The summed E-state index contributed by atoms with van der Waals surface area (Å²) in [5.74, 6) is 3.12. The Morgan fingerprint density at radius 1 is 1.26 bits per heavy atom. The number of nitrogens with zero attached hydrogens (tertiary/aromatic N) is 5. The molecule has 27 heavy (non-hydrogen) atoms. The SMILES string of the molecule is Cc1nnc(SCCCNc2cc(C3CC(N)C3)nc(N(C)C)n2)s1.Cl.Cl. The van der Waals surface area contributed by atoms with Gasteiger partial charge in [-0.15, -0.1) is 35.0 Å². The van der Waals surface area contributed by atoms with Gasteiger partial charge in [0.15, 0.2) is 4.34 Å². The Hall–Kier alpha value is -0.870. The van der Waals surface area contributed by atoms with Crippen LogP contribution in [0.5, 0.6) is 0 Å². The summed E-state index contributed by atoms with van der Waals surface area (Å²) in [4.78, 5) is 11.2. The van der Waals surface area contributed by atoms with Gasteiger partial charge in [-0.1, -0.05) is 23.1 Å². The highest BCUT2D eigenvalue weighted by molar-refractivity contribution is 8.01. The summed E-state index contributed by atoms with van der Waals surface area (Å²) in [7, 11) is 3.94. The molecule has 1 aliphatic carbocycles. The molecule has 11 heteroatoms. The van der Waals surface area contributed by atoms with Crippen LogP contribution in [-0.2, 0) is 0 Å². The van der Waals surface area contributed by atoms with Gasteiger partial charge >= 0.3 is 0 Å². The van der Waals surface area contributed by atoms with Crippen LogP contribution in [-0.4, -0.2) is 52.6 Å². The molecule has 152 valence electrons. The zero-order chi connectivity index (χ0) is 17.8. The van der Waals surface area contributed by atoms with Gasteiger partial charge in [0.25, 0.3) is 0 Å². The van der Waals surface area contributed by atoms with E-state index in [9.17, 15) is 0 Å². The van der Waals surface area contributed by atoms with E-state index < -0.39 is 0 Å². The molecular weight excluding hydrogens is 425 g/mol. The Labute approximate surface area is 181 Å². The fourth-order valence-corrected chi connectivity index (χ4v) is 4.47. The van der Waals surface area contributed by atoms with Crippen LogP contribution in [0, 0.1) is 6.92 Å². The molecule has 0 bridgehead atoms. The van der Waals surface area contributed by atoms with E-state index in [1.165, 1.54) is 0 Å². The van der Waals surface area contributed by atoms with Gasteiger partial charge in [0.2, 0.25) is 5.95 Å². The number of halogens is 2. The van der Waals surface area contributed by atoms with Gasteiger partial charge in [-0.05, 0) is 26.2 Å². The third-order valence-electron chi connectivity index (χ3n) is 4.09. The number of aryl methyl sites for hydroxylation is 1. The van der Waals surface area contributed by atoms with Crippen LogP contribution in [0.15, 0.2) is 10.4 Å². The highest BCUT2D eigenvalue weighted by Gasteiger charge is 2.29. The lowest BCUT2D eigenvalue weighted by atomic mass is 9.78. The molecule has 0 unspecified atom stereocenters. The Balaban J connectivity index is 0.00000182. The van der Waals surface area contributed by atoms with Gasteiger partial charge in [0.05, 0.1) is 5.69 Å². The Morgan fingerprint density at radius 3 is 2.59 bits per heavy atom. The Bertz CT molecular complexity index is 708. The molecule has 0 atom stereocenters. The van der Waals surface area contributed by atoms with Crippen LogP contribution in [0.3, 0.4) is 0 Å². The number of nitrogens with two attached hydrogens (primary N) is 1. The fraction of sp³-hybridized carbons (Fsp3) is 0.625. The average Bonchev–Trinajstić information content (AvgIpc) is 2.96. The smallest absolute Gasteiger partial charge is 0.227 e. The molecule has 1 aliphatic rings. The maximum Gasteiger partial charge on any atom is 0.227 e. The van der Waals surface area contributed by atoms with Crippen molar-refractivity contribution in [1.29, 1.82) is 0 Å². The lowest BCUT2D eigenvalue weighted by molar-refractivity contribution is 0.345. The molecule has 0 spiro atoms. The number of anilines is 2. The van der Waals surface area contributed by atoms with E-state index in [1.54, 1.807) is 23.1 Å². The molecular formula is C16H27Cl2N7S2. The second kappa shape index (κ2) is 11.2. The predicted molar refractivity (Wildman–Crippen MR) is 119 cm³/mol. The minimum absolute atomic E-state index is 0. The molecule has 0 amide bonds. The molecule has 0 aliphatic heterocycles. The Morgan fingerprint density at radius 2 is 2.00 bits per heavy atom. The third-order valence-corrected chi connectivity index (χ3v) is 6.15. The first kappa shape index (κ1) is 24.2. The number of thioether (sulfide) groups is 1. The van der Waals surface area contributed by atoms with E-state index in [0.717, 1.165) is 58.4 Å². The molecule has 0 saturated heterocycles. The first-order valence-corrected chi connectivity index (χ1v) is 10.3. The van der Waals surface area contributed by atoms with Crippen molar-refractivity contribution in [2.24, 2.45) is 5.73 Å². The second-order valence-corrected chi connectivity index (χ2v) is 9.04. The van der Waals surface area contributed by atoms with E-state index in [2.05, 4.69) is 31.5 Å². The summed E-state index contributed by atoms with van der Waals surface area (Å²) in [6, 6.07) is 2.39. The van der Waals surface area contributed by atoms with Crippen molar-refractivity contribution in [2.45, 2.75) is 42.5 Å². The monoisotopic (exact) mass is 451 g/mol. The van der Waals surface area contributed by atoms with Crippen LogP contribution in [0.25, 0.3) is 0 Å². The zero-order valence-electron chi connectivity index (χ0n) is 15.7. The molecule has 3 N–H and O–H groups in total. The van der Waals surface area contributed by atoms with E-state index in [0.29, 0.717) is 12.0 Å². The molecule has 0 radical (unpaired) electrons. The predicted octanol–water partition coefficient (Wildman–Crippen LogP) is 3.35. The highest BCUT2D eigenvalue weighted by Crippen LogP contribution is 2.35. The van der Waals surface area contributed by atoms with Crippen LogP contribution in [0.1, 0.15) is 35.9 Å². The maximum absolute atomic E-state index is 5.92. The second-order valence-electron chi connectivity index (χ2n) is 6.52. The zero-order valence-corrected chi connectivity index (χ0v) is 19.0. The molecule has 3 rings (SSSR count). The lowest BCUT2D eigenvalue weighted by Crippen LogP contribution is -2.35. The van der Waals surface area contributed by atoms with E-state index in [4.69, 9.17) is 5.73 Å².